The quantitative estimate of drug-likeness (QED) is 0.895. The first-order valence-corrected chi connectivity index (χ1v) is 5.96. The van der Waals surface area contributed by atoms with Crippen molar-refractivity contribution >= 4 is 29.3 Å². The summed E-state index contributed by atoms with van der Waals surface area (Å²) in [6.07, 6.45) is 0.240. The van der Waals surface area contributed by atoms with E-state index in [2.05, 4.69) is 5.32 Å². The number of hydrogen-bond donors (Lipinski definition) is 2. The average molecular weight is 289 g/mol. The van der Waals surface area contributed by atoms with Crippen molar-refractivity contribution in [2.75, 3.05) is 12.4 Å². The molecule has 5 nitrogen and oxygen atoms in total. The van der Waals surface area contributed by atoms with Crippen molar-refractivity contribution < 1.29 is 19.1 Å². The highest BCUT2D eigenvalue weighted by Crippen LogP contribution is 2.25. The molecule has 0 radical (unpaired) electrons. The number of halogens is 2. The summed E-state index contributed by atoms with van der Waals surface area (Å²) >= 11 is 5.76. The van der Waals surface area contributed by atoms with Crippen molar-refractivity contribution in [1.29, 1.82) is 0 Å². The zero-order valence-electron chi connectivity index (χ0n) is 10.5. The van der Waals surface area contributed by atoms with Crippen LogP contribution in [0.5, 0.6) is 0 Å². The number of nitrogens with zero attached hydrogens (tertiary/aromatic N) is 1. The second-order valence-electron chi connectivity index (χ2n) is 3.90. The fraction of sp³-hybridized carbons (Fsp3) is 0.333. The van der Waals surface area contributed by atoms with E-state index in [-0.39, 0.29) is 17.1 Å². The summed E-state index contributed by atoms with van der Waals surface area (Å²) in [7, 11) is 1.33. The lowest BCUT2D eigenvalue weighted by Gasteiger charge is -2.24. The van der Waals surface area contributed by atoms with Crippen molar-refractivity contribution in [1.82, 2.24) is 4.90 Å². The van der Waals surface area contributed by atoms with E-state index >= 15 is 0 Å². The molecule has 104 valence electrons. The van der Waals surface area contributed by atoms with Crippen LogP contribution in [-0.2, 0) is 4.79 Å². The first-order chi connectivity index (χ1) is 8.88. The monoisotopic (exact) mass is 288 g/mol. The molecule has 0 aromatic heterocycles. The van der Waals surface area contributed by atoms with Crippen LogP contribution in [0.2, 0.25) is 5.02 Å². The van der Waals surface area contributed by atoms with E-state index in [9.17, 15) is 14.0 Å². The summed E-state index contributed by atoms with van der Waals surface area (Å²) in [5.41, 5.74) is -0.166. The van der Waals surface area contributed by atoms with Gasteiger partial charge in [-0.15, -0.1) is 0 Å². The summed E-state index contributed by atoms with van der Waals surface area (Å²) in [6.45, 7) is 1.64. The van der Waals surface area contributed by atoms with Crippen molar-refractivity contribution in [2.45, 2.75) is 19.4 Å². The highest BCUT2D eigenvalue weighted by molar-refractivity contribution is 6.33. The number of aliphatic carboxylic acids is 1. The lowest BCUT2D eigenvalue weighted by atomic mass is 10.2. The van der Waals surface area contributed by atoms with E-state index in [1.165, 1.54) is 19.2 Å². The van der Waals surface area contributed by atoms with Crippen molar-refractivity contribution in [2.24, 2.45) is 0 Å². The van der Waals surface area contributed by atoms with Gasteiger partial charge in [-0.1, -0.05) is 24.6 Å². The highest BCUT2D eigenvalue weighted by Gasteiger charge is 2.25. The number of amides is 2. The number of urea groups is 1. The molecule has 1 atom stereocenters. The minimum absolute atomic E-state index is 0.0464. The Morgan fingerprint density at radius 2 is 2.16 bits per heavy atom. The van der Waals surface area contributed by atoms with Gasteiger partial charge in [-0.25, -0.2) is 14.0 Å². The van der Waals surface area contributed by atoms with Crippen LogP contribution in [0.25, 0.3) is 0 Å². The smallest absolute Gasteiger partial charge is 0.326 e. The first kappa shape index (κ1) is 15.2. The lowest BCUT2D eigenvalue weighted by Crippen LogP contribution is -2.44. The third kappa shape index (κ3) is 3.57. The molecule has 0 aliphatic carbocycles. The SMILES string of the molecule is CCC(C(=O)O)N(C)C(=O)Nc1c(F)cccc1Cl. The molecule has 7 heteroatoms. The number of carbonyl (C=O) groups excluding carboxylic acids is 1. The number of carboxylic acid groups (broad SMARTS) is 1. The summed E-state index contributed by atoms with van der Waals surface area (Å²) in [5, 5.41) is 11.3. The predicted octanol–water partition coefficient (Wildman–Crippen LogP) is 2.81. The summed E-state index contributed by atoms with van der Waals surface area (Å²) in [6, 6.07) is 2.26. The van der Waals surface area contributed by atoms with Gasteiger partial charge in [0.05, 0.1) is 10.7 Å². The van der Waals surface area contributed by atoms with Gasteiger partial charge in [0, 0.05) is 7.05 Å². The van der Waals surface area contributed by atoms with E-state index in [1.807, 2.05) is 0 Å². The maximum absolute atomic E-state index is 13.5. The van der Waals surface area contributed by atoms with Gasteiger partial charge in [-0.2, -0.15) is 0 Å². The third-order valence-corrected chi connectivity index (χ3v) is 2.97. The first-order valence-electron chi connectivity index (χ1n) is 5.59. The van der Waals surface area contributed by atoms with E-state index in [0.29, 0.717) is 0 Å². The summed E-state index contributed by atoms with van der Waals surface area (Å²) in [4.78, 5) is 23.8. The molecular formula is C12H14ClFN2O3. The number of para-hydroxylation sites is 1. The molecule has 0 fully saturated rings. The molecule has 1 unspecified atom stereocenters. The highest BCUT2D eigenvalue weighted by atomic mass is 35.5. The molecule has 0 heterocycles. The second kappa shape index (κ2) is 6.38. The standard InChI is InChI=1S/C12H14ClFN2O3/c1-3-9(11(17)18)16(2)12(19)15-10-7(13)5-4-6-8(10)14/h4-6,9H,3H2,1-2H3,(H,15,19)(H,17,18). The van der Waals surface area contributed by atoms with Gasteiger partial charge in [0.15, 0.2) is 0 Å². The van der Waals surface area contributed by atoms with Gasteiger partial charge in [0.2, 0.25) is 0 Å². The van der Waals surface area contributed by atoms with Gasteiger partial charge >= 0.3 is 12.0 Å². The van der Waals surface area contributed by atoms with Gasteiger partial charge in [-0.3, -0.25) is 0 Å². The van der Waals surface area contributed by atoms with Crippen LogP contribution >= 0.6 is 11.6 Å². The van der Waals surface area contributed by atoms with Gasteiger partial charge in [0.1, 0.15) is 11.9 Å². The predicted molar refractivity (Wildman–Crippen MR) is 69.9 cm³/mol. The molecule has 0 saturated carbocycles. The van der Waals surface area contributed by atoms with Gasteiger partial charge in [-0.05, 0) is 18.6 Å². The maximum Gasteiger partial charge on any atom is 0.326 e. The fourth-order valence-electron chi connectivity index (χ4n) is 1.57. The van der Waals surface area contributed by atoms with Crippen molar-refractivity contribution in [3.63, 3.8) is 0 Å². The molecule has 2 amide bonds. The molecular weight excluding hydrogens is 275 g/mol. The van der Waals surface area contributed by atoms with E-state index in [1.54, 1.807) is 6.92 Å². The molecule has 19 heavy (non-hydrogen) atoms. The Morgan fingerprint density at radius 1 is 1.53 bits per heavy atom. The Kier molecular flexibility index (Phi) is 5.11. The van der Waals surface area contributed by atoms with Crippen LogP contribution in [-0.4, -0.2) is 35.1 Å². The zero-order chi connectivity index (χ0) is 14.6. The van der Waals surface area contributed by atoms with Gasteiger partial charge < -0.3 is 15.3 Å². The molecule has 2 N–H and O–H groups in total. The molecule has 1 aromatic carbocycles. The van der Waals surface area contributed by atoms with Crippen LogP contribution in [0.15, 0.2) is 18.2 Å². The molecule has 1 rings (SSSR count). The lowest BCUT2D eigenvalue weighted by molar-refractivity contribution is -0.141. The number of likely N-dealkylation sites (N-methyl/N-ethyl adjacent to an activating group) is 1. The van der Waals surface area contributed by atoms with Crippen LogP contribution < -0.4 is 5.32 Å². The Bertz CT molecular complexity index is 476. The third-order valence-electron chi connectivity index (χ3n) is 2.65. The van der Waals surface area contributed by atoms with Crippen LogP contribution in [0.4, 0.5) is 14.9 Å². The topological polar surface area (TPSA) is 69.6 Å². The van der Waals surface area contributed by atoms with E-state index in [4.69, 9.17) is 16.7 Å². The Balaban J connectivity index is 2.88. The Hall–Kier alpha value is -1.82. The Labute approximate surface area is 115 Å². The van der Waals surface area contributed by atoms with Crippen LogP contribution in [0.1, 0.15) is 13.3 Å². The Morgan fingerprint density at radius 3 is 2.63 bits per heavy atom. The normalized spacial score (nSPS) is 11.8. The molecule has 0 aliphatic rings. The van der Waals surface area contributed by atoms with E-state index < -0.39 is 23.9 Å². The molecule has 0 spiro atoms. The molecule has 0 aliphatic heterocycles. The summed E-state index contributed by atoms with van der Waals surface area (Å²) in [5.74, 6) is -1.81. The number of nitrogens with one attached hydrogen (secondary N) is 1. The molecule has 0 bridgehead atoms. The summed E-state index contributed by atoms with van der Waals surface area (Å²) < 4.78 is 13.5. The fourth-order valence-corrected chi connectivity index (χ4v) is 1.78. The largest absolute Gasteiger partial charge is 0.480 e. The number of carboxylic acids is 1. The number of hydrogen-bond acceptors (Lipinski definition) is 2. The average Bonchev–Trinajstić information content (AvgIpc) is 2.34. The molecule has 0 saturated heterocycles. The van der Waals surface area contributed by atoms with Gasteiger partial charge in [0.25, 0.3) is 0 Å². The van der Waals surface area contributed by atoms with Crippen LogP contribution in [0.3, 0.4) is 0 Å². The molecule has 1 aromatic rings. The zero-order valence-corrected chi connectivity index (χ0v) is 11.2. The number of anilines is 1. The second-order valence-corrected chi connectivity index (χ2v) is 4.31. The maximum atomic E-state index is 13.5. The number of carbonyl (C=O) groups is 2. The van der Waals surface area contributed by atoms with Crippen molar-refractivity contribution in [3.05, 3.63) is 29.0 Å². The number of benzene rings is 1. The minimum Gasteiger partial charge on any atom is -0.480 e. The van der Waals surface area contributed by atoms with Crippen LogP contribution in [0, 0.1) is 5.82 Å². The number of rotatable bonds is 4. The minimum atomic E-state index is -1.13. The van der Waals surface area contributed by atoms with E-state index in [0.717, 1.165) is 11.0 Å². The van der Waals surface area contributed by atoms with Crippen molar-refractivity contribution in [3.8, 4) is 0 Å².